The zero-order valence-electron chi connectivity index (χ0n) is 10.3. The average molecular weight is 210 g/mol. The first-order valence-corrected chi connectivity index (χ1v) is 4.99. The molecule has 0 rings (SSSR count). The number of hydrogen-bond acceptors (Lipinski definition) is 3. The Balaban J connectivity index is 5.49. The molecule has 0 aliphatic carbocycles. The van der Waals surface area contributed by atoms with Crippen LogP contribution in [0.4, 0.5) is 0 Å². The molecular weight excluding hydrogens is 188 g/mol. The number of aliphatic imine (C=N–C) groups is 1. The number of nitrogens with one attached hydrogen (secondary N) is 1. The Bertz CT molecular complexity index is 274. The molecule has 0 fully saturated rings. The van der Waals surface area contributed by atoms with Crippen LogP contribution in [-0.2, 0) is 0 Å². The lowest BCUT2D eigenvalue weighted by Crippen LogP contribution is -2.37. The average Bonchev–Trinajstić information content (AvgIpc) is 2.17. The van der Waals surface area contributed by atoms with Gasteiger partial charge in [-0.2, -0.15) is 0 Å². The molecule has 4 heteroatoms. The van der Waals surface area contributed by atoms with E-state index in [4.69, 9.17) is 5.84 Å². The van der Waals surface area contributed by atoms with Crippen LogP contribution in [0.3, 0.4) is 0 Å². The molecule has 0 aliphatic rings. The SMILES string of the molecule is C=C/C(NC)=C(/C(=NC)N(C)N)C(C)C. The standard InChI is InChI=1S/C11H22N4/c1-7-9(13-4)10(8(2)3)11(14-5)15(6)12/h7-8,13H,1,12H2,2-6H3/b10-9-,14-11?. The zero-order chi connectivity index (χ0) is 12.0. The van der Waals surface area contributed by atoms with Gasteiger partial charge in [0.25, 0.3) is 0 Å². The van der Waals surface area contributed by atoms with Crippen molar-refractivity contribution in [2.75, 3.05) is 21.1 Å². The Morgan fingerprint density at radius 3 is 2.27 bits per heavy atom. The molecule has 0 bridgehead atoms. The summed E-state index contributed by atoms with van der Waals surface area (Å²) in [6, 6.07) is 0. The quantitative estimate of drug-likeness (QED) is 0.240. The van der Waals surface area contributed by atoms with Gasteiger partial charge in [0.2, 0.25) is 0 Å². The van der Waals surface area contributed by atoms with Gasteiger partial charge in [-0.25, -0.2) is 5.84 Å². The van der Waals surface area contributed by atoms with Gasteiger partial charge in [-0.1, -0.05) is 20.4 Å². The van der Waals surface area contributed by atoms with Crippen molar-refractivity contribution in [2.45, 2.75) is 13.8 Å². The summed E-state index contributed by atoms with van der Waals surface area (Å²) >= 11 is 0. The predicted molar refractivity (Wildman–Crippen MR) is 66.4 cm³/mol. The van der Waals surface area contributed by atoms with E-state index in [1.165, 1.54) is 5.01 Å². The van der Waals surface area contributed by atoms with Crippen molar-refractivity contribution in [3.8, 4) is 0 Å². The minimum absolute atomic E-state index is 0.329. The summed E-state index contributed by atoms with van der Waals surface area (Å²) < 4.78 is 0. The van der Waals surface area contributed by atoms with Gasteiger partial charge in [-0.3, -0.25) is 10.0 Å². The maximum Gasteiger partial charge on any atom is 0.142 e. The summed E-state index contributed by atoms with van der Waals surface area (Å²) in [5, 5.41) is 4.63. The van der Waals surface area contributed by atoms with Crippen molar-refractivity contribution in [1.82, 2.24) is 10.3 Å². The molecule has 0 saturated carbocycles. The molecule has 4 nitrogen and oxygen atoms in total. The maximum atomic E-state index is 5.74. The molecule has 0 saturated heterocycles. The molecule has 0 radical (unpaired) electrons. The van der Waals surface area contributed by atoms with Crippen molar-refractivity contribution < 1.29 is 0 Å². The zero-order valence-corrected chi connectivity index (χ0v) is 10.3. The lowest BCUT2D eigenvalue weighted by atomic mass is 9.99. The monoisotopic (exact) mass is 210 g/mol. The second-order valence-corrected chi connectivity index (χ2v) is 3.59. The number of amidine groups is 1. The van der Waals surface area contributed by atoms with E-state index in [0.29, 0.717) is 5.92 Å². The smallest absolute Gasteiger partial charge is 0.142 e. The number of rotatable bonds is 4. The summed E-state index contributed by atoms with van der Waals surface area (Å²) in [7, 11) is 5.38. The van der Waals surface area contributed by atoms with Gasteiger partial charge in [0.05, 0.1) is 0 Å². The number of hydrazine groups is 1. The predicted octanol–water partition coefficient (Wildman–Crippen LogP) is 1.14. The van der Waals surface area contributed by atoms with Gasteiger partial charge in [-0.05, 0) is 12.0 Å². The Morgan fingerprint density at radius 2 is 2.07 bits per heavy atom. The lowest BCUT2D eigenvalue weighted by Gasteiger charge is -2.22. The normalized spacial score (nSPS) is 13.7. The van der Waals surface area contributed by atoms with Crippen molar-refractivity contribution in [3.05, 3.63) is 23.9 Å². The van der Waals surface area contributed by atoms with E-state index in [2.05, 4.69) is 30.7 Å². The van der Waals surface area contributed by atoms with Crippen molar-refractivity contribution in [2.24, 2.45) is 16.8 Å². The van der Waals surface area contributed by atoms with Crippen LogP contribution in [0, 0.1) is 5.92 Å². The highest BCUT2D eigenvalue weighted by atomic mass is 15.4. The highest BCUT2D eigenvalue weighted by molar-refractivity contribution is 5.99. The van der Waals surface area contributed by atoms with E-state index < -0.39 is 0 Å². The molecular formula is C11H22N4. The topological polar surface area (TPSA) is 53.7 Å². The second-order valence-electron chi connectivity index (χ2n) is 3.59. The first-order chi connectivity index (χ1) is 6.99. The Morgan fingerprint density at radius 1 is 1.53 bits per heavy atom. The minimum atomic E-state index is 0.329. The third-order valence-corrected chi connectivity index (χ3v) is 2.13. The molecule has 0 aromatic heterocycles. The van der Waals surface area contributed by atoms with E-state index in [1.54, 1.807) is 20.2 Å². The van der Waals surface area contributed by atoms with E-state index >= 15 is 0 Å². The molecule has 0 aromatic rings. The van der Waals surface area contributed by atoms with Crippen molar-refractivity contribution in [3.63, 3.8) is 0 Å². The first-order valence-electron chi connectivity index (χ1n) is 4.99. The summed E-state index contributed by atoms with van der Waals surface area (Å²) in [5.41, 5.74) is 2.03. The van der Waals surface area contributed by atoms with Crippen LogP contribution < -0.4 is 11.2 Å². The Hall–Kier alpha value is -1.29. The molecule has 0 unspecified atom stereocenters. The summed E-state index contributed by atoms with van der Waals surface area (Å²) in [6.07, 6.45) is 1.78. The van der Waals surface area contributed by atoms with Crippen LogP contribution in [0.15, 0.2) is 28.9 Å². The number of nitrogens with two attached hydrogens (primary N) is 1. The highest BCUT2D eigenvalue weighted by Crippen LogP contribution is 2.16. The number of likely N-dealkylation sites (N-methyl/N-ethyl adjacent to an activating group) is 2. The fourth-order valence-corrected chi connectivity index (χ4v) is 1.50. The Labute approximate surface area is 92.5 Å². The molecule has 3 N–H and O–H groups in total. The van der Waals surface area contributed by atoms with Crippen LogP contribution in [0.1, 0.15) is 13.8 Å². The number of nitrogens with zero attached hydrogens (tertiary/aromatic N) is 2. The molecule has 0 heterocycles. The molecule has 86 valence electrons. The van der Waals surface area contributed by atoms with Crippen molar-refractivity contribution >= 4 is 5.84 Å². The maximum absolute atomic E-state index is 5.74. The van der Waals surface area contributed by atoms with Crippen molar-refractivity contribution in [1.29, 1.82) is 0 Å². The molecule has 0 spiro atoms. The summed E-state index contributed by atoms with van der Waals surface area (Å²) in [5.74, 6) is 6.84. The molecule has 0 atom stereocenters. The van der Waals surface area contributed by atoms with Crippen LogP contribution in [0.5, 0.6) is 0 Å². The fourth-order valence-electron chi connectivity index (χ4n) is 1.50. The fraction of sp³-hybridized carbons (Fsp3) is 0.545. The van der Waals surface area contributed by atoms with E-state index in [1.807, 2.05) is 7.05 Å². The van der Waals surface area contributed by atoms with Gasteiger partial charge in [-0.15, -0.1) is 0 Å². The van der Waals surface area contributed by atoms with Crippen LogP contribution in [0.25, 0.3) is 0 Å². The summed E-state index contributed by atoms with van der Waals surface area (Å²) in [4.78, 5) is 4.20. The van der Waals surface area contributed by atoms with Gasteiger partial charge >= 0.3 is 0 Å². The Kier molecular flexibility index (Phi) is 5.70. The van der Waals surface area contributed by atoms with Crippen LogP contribution >= 0.6 is 0 Å². The second kappa shape index (κ2) is 6.24. The van der Waals surface area contributed by atoms with Gasteiger partial charge < -0.3 is 5.32 Å². The third kappa shape index (κ3) is 3.40. The molecule has 15 heavy (non-hydrogen) atoms. The van der Waals surface area contributed by atoms with Gasteiger partial charge in [0.1, 0.15) is 5.84 Å². The van der Waals surface area contributed by atoms with E-state index in [0.717, 1.165) is 17.1 Å². The largest absolute Gasteiger partial charge is 0.388 e. The molecule has 0 amide bonds. The number of hydrogen-bond donors (Lipinski definition) is 2. The molecule has 0 aromatic carbocycles. The van der Waals surface area contributed by atoms with Gasteiger partial charge in [0.15, 0.2) is 0 Å². The minimum Gasteiger partial charge on any atom is -0.388 e. The lowest BCUT2D eigenvalue weighted by molar-refractivity contribution is 0.528. The summed E-state index contributed by atoms with van der Waals surface area (Å²) in [6.45, 7) is 7.98. The number of allylic oxidation sites excluding steroid dienone is 1. The molecule has 0 aliphatic heterocycles. The van der Waals surface area contributed by atoms with Crippen LogP contribution in [-0.4, -0.2) is 32.0 Å². The highest BCUT2D eigenvalue weighted by Gasteiger charge is 2.16. The third-order valence-electron chi connectivity index (χ3n) is 2.13. The van der Waals surface area contributed by atoms with E-state index in [-0.39, 0.29) is 0 Å². The first kappa shape index (κ1) is 13.7. The van der Waals surface area contributed by atoms with E-state index in [9.17, 15) is 0 Å². The van der Waals surface area contributed by atoms with Crippen LogP contribution in [0.2, 0.25) is 0 Å². The van der Waals surface area contributed by atoms with Gasteiger partial charge in [0, 0.05) is 32.4 Å².